The van der Waals surface area contributed by atoms with Gasteiger partial charge in [0.05, 0.1) is 14.2 Å². The molecule has 0 aliphatic carbocycles. The van der Waals surface area contributed by atoms with Gasteiger partial charge >= 0.3 is 11.9 Å². The Labute approximate surface area is 176 Å². The maximum absolute atomic E-state index is 12.1. The zero-order valence-electron chi connectivity index (χ0n) is 16.3. The second-order valence-corrected chi connectivity index (χ2v) is 8.45. The summed E-state index contributed by atoms with van der Waals surface area (Å²) in [6.07, 6.45) is 7.75. The highest BCUT2D eigenvalue weighted by molar-refractivity contribution is 8.23. The van der Waals surface area contributed by atoms with E-state index in [0.717, 1.165) is 35.8 Å². The number of hydrogen-bond acceptors (Lipinski definition) is 6. The molecule has 0 spiro atoms. The molecule has 1 unspecified atom stereocenters. The number of ether oxygens (including phenoxy) is 2. The predicted molar refractivity (Wildman–Crippen MR) is 117 cm³/mol. The van der Waals surface area contributed by atoms with Crippen molar-refractivity contribution in [3.05, 3.63) is 42.0 Å². The number of thiocarbonyl (C=S) groups is 1. The molecule has 0 radical (unpaired) electrons. The number of esters is 2. The molecule has 0 amide bonds. The number of thioether (sulfide) groups is 1. The van der Waals surface area contributed by atoms with Crippen LogP contribution in [0.4, 0.5) is 0 Å². The van der Waals surface area contributed by atoms with Gasteiger partial charge in [0.2, 0.25) is 0 Å². The highest BCUT2D eigenvalue weighted by Gasteiger charge is 2.32. The number of likely N-dealkylation sites (tertiary alicyclic amines) is 1. The van der Waals surface area contributed by atoms with E-state index in [1.54, 1.807) is 0 Å². The Morgan fingerprint density at radius 3 is 2.29 bits per heavy atom. The summed E-state index contributed by atoms with van der Waals surface area (Å²) in [6.45, 7) is 1.91. The van der Waals surface area contributed by atoms with Gasteiger partial charge in [-0.3, -0.25) is 9.59 Å². The van der Waals surface area contributed by atoms with Gasteiger partial charge in [-0.2, -0.15) is 0 Å². The Hall–Kier alpha value is -1.86. The zero-order valence-corrected chi connectivity index (χ0v) is 18.0. The van der Waals surface area contributed by atoms with Gasteiger partial charge in [0.25, 0.3) is 0 Å². The van der Waals surface area contributed by atoms with Crippen LogP contribution in [0, 0.1) is 5.92 Å². The highest BCUT2D eigenvalue weighted by atomic mass is 32.2. The molecule has 1 heterocycles. The molecule has 1 atom stereocenters. The lowest BCUT2D eigenvalue weighted by Crippen LogP contribution is -2.34. The summed E-state index contributed by atoms with van der Waals surface area (Å²) in [7, 11) is 2.55. The second-order valence-electron chi connectivity index (χ2n) is 6.57. The molecule has 5 nitrogen and oxygen atoms in total. The minimum absolute atomic E-state index is 0.155. The molecule has 0 saturated carbocycles. The van der Waals surface area contributed by atoms with Crippen LogP contribution in [0.5, 0.6) is 0 Å². The number of hydrogen-bond donors (Lipinski definition) is 0. The van der Waals surface area contributed by atoms with Crippen molar-refractivity contribution in [2.24, 2.45) is 5.92 Å². The number of piperidine rings is 1. The van der Waals surface area contributed by atoms with E-state index in [-0.39, 0.29) is 11.7 Å². The van der Waals surface area contributed by atoms with Gasteiger partial charge in [0, 0.05) is 18.3 Å². The molecule has 1 saturated heterocycles. The minimum atomic E-state index is -0.975. The van der Waals surface area contributed by atoms with E-state index >= 15 is 0 Å². The number of benzene rings is 1. The molecule has 0 N–H and O–H groups in total. The van der Waals surface area contributed by atoms with Crippen LogP contribution in [0.1, 0.15) is 31.2 Å². The second kappa shape index (κ2) is 11.9. The van der Waals surface area contributed by atoms with E-state index in [0.29, 0.717) is 0 Å². The highest BCUT2D eigenvalue weighted by Crippen LogP contribution is 2.27. The van der Waals surface area contributed by atoms with E-state index in [1.807, 2.05) is 42.5 Å². The monoisotopic (exact) mass is 421 g/mol. The first-order valence-corrected chi connectivity index (χ1v) is 10.7. The van der Waals surface area contributed by atoms with Crippen molar-refractivity contribution >= 4 is 46.3 Å². The number of carbonyl (C=O) groups is 2. The average molecular weight is 422 g/mol. The Morgan fingerprint density at radius 1 is 1.11 bits per heavy atom. The molecule has 1 fully saturated rings. The minimum Gasteiger partial charge on any atom is -0.468 e. The van der Waals surface area contributed by atoms with Gasteiger partial charge in [-0.1, -0.05) is 66.5 Å². The lowest BCUT2D eigenvalue weighted by Gasteiger charge is -2.30. The van der Waals surface area contributed by atoms with Crippen LogP contribution < -0.4 is 0 Å². The third-order valence-corrected chi connectivity index (χ3v) is 6.27. The summed E-state index contributed by atoms with van der Waals surface area (Å²) in [4.78, 5) is 26.4. The average Bonchev–Trinajstić information content (AvgIpc) is 2.75. The van der Waals surface area contributed by atoms with Crippen LogP contribution in [0.25, 0.3) is 6.08 Å². The summed E-state index contributed by atoms with van der Waals surface area (Å²) in [5, 5.41) is -0.155. The lowest BCUT2D eigenvalue weighted by atomic mass is 10.0. The molecule has 7 heteroatoms. The summed E-state index contributed by atoms with van der Waals surface area (Å²) in [5.74, 6) is -2.15. The summed E-state index contributed by atoms with van der Waals surface area (Å²) < 4.78 is 10.4. The first-order chi connectivity index (χ1) is 13.5. The van der Waals surface area contributed by atoms with Crippen LogP contribution in [0.15, 0.2) is 36.4 Å². The van der Waals surface area contributed by atoms with Crippen molar-refractivity contribution in [1.82, 2.24) is 4.90 Å². The van der Waals surface area contributed by atoms with Crippen LogP contribution >= 0.6 is 24.0 Å². The molecule has 152 valence electrons. The normalized spacial score (nSPS) is 15.5. The molecule has 0 bridgehead atoms. The van der Waals surface area contributed by atoms with E-state index in [4.69, 9.17) is 21.7 Å². The zero-order chi connectivity index (χ0) is 20.4. The Kier molecular flexibility index (Phi) is 9.50. The molecule has 1 aliphatic rings. The Bertz CT molecular complexity index is 671. The molecule has 0 aromatic heterocycles. The van der Waals surface area contributed by atoms with Gasteiger partial charge in [0.1, 0.15) is 4.32 Å². The topological polar surface area (TPSA) is 55.8 Å². The maximum atomic E-state index is 12.1. The Balaban J connectivity index is 2.16. The van der Waals surface area contributed by atoms with Crippen molar-refractivity contribution in [3.8, 4) is 0 Å². The van der Waals surface area contributed by atoms with Crippen molar-refractivity contribution < 1.29 is 19.1 Å². The van der Waals surface area contributed by atoms with Crippen LogP contribution in [-0.2, 0) is 19.1 Å². The van der Waals surface area contributed by atoms with E-state index in [2.05, 4.69) is 4.90 Å². The molecule has 28 heavy (non-hydrogen) atoms. The molecular weight excluding hydrogens is 394 g/mol. The van der Waals surface area contributed by atoms with Gasteiger partial charge in [-0.15, -0.1) is 0 Å². The van der Waals surface area contributed by atoms with Crippen molar-refractivity contribution in [1.29, 1.82) is 0 Å². The fraction of sp³-hybridized carbons (Fsp3) is 0.476. The fourth-order valence-corrected chi connectivity index (χ4v) is 4.62. The van der Waals surface area contributed by atoms with Crippen LogP contribution in [0.2, 0.25) is 0 Å². The van der Waals surface area contributed by atoms with Crippen molar-refractivity contribution in [3.63, 3.8) is 0 Å². The molecule has 1 aliphatic heterocycles. The maximum Gasteiger partial charge on any atom is 0.320 e. The molecular formula is C21H27NO4S2. The van der Waals surface area contributed by atoms with Crippen molar-refractivity contribution in [2.75, 3.05) is 27.3 Å². The van der Waals surface area contributed by atoms with Gasteiger partial charge < -0.3 is 14.4 Å². The molecule has 2 rings (SSSR count). The van der Waals surface area contributed by atoms with Gasteiger partial charge in [0.15, 0.2) is 5.92 Å². The summed E-state index contributed by atoms with van der Waals surface area (Å²) in [5.41, 5.74) is 1.05. The quantitative estimate of drug-likeness (QED) is 0.376. The van der Waals surface area contributed by atoms with Gasteiger partial charge in [-0.25, -0.2) is 0 Å². The predicted octanol–water partition coefficient (Wildman–Crippen LogP) is 3.92. The smallest absolute Gasteiger partial charge is 0.320 e. The van der Waals surface area contributed by atoms with E-state index in [9.17, 15) is 9.59 Å². The largest absolute Gasteiger partial charge is 0.468 e. The summed E-state index contributed by atoms with van der Waals surface area (Å²) >= 11 is 7.15. The lowest BCUT2D eigenvalue weighted by molar-refractivity contribution is -0.158. The number of rotatable bonds is 7. The van der Waals surface area contributed by atoms with Crippen LogP contribution in [0.3, 0.4) is 0 Å². The number of nitrogens with zero attached hydrogens (tertiary/aromatic N) is 1. The SMILES string of the molecule is COC(=O)C(CC(/C=C/c1ccccc1)SC(=S)N1CCCCC1)C(=O)OC. The third kappa shape index (κ3) is 6.95. The fourth-order valence-electron chi connectivity index (χ4n) is 3.03. The standard InChI is InChI=1S/C21H27NO4S2/c1-25-19(23)18(20(24)26-2)15-17(12-11-16-9-5-3-6-10-16)28-21(27)22-13-7-4-8-14-22/h3,5-6,9-12,17-18H,4,7-8,13-15H2,1-2H3/b12-11+. The number of methoxy groups -OCH3 is 2. The third-order valence-electron chi connectivity index (χ3n) is 4.61. The summed E-state index contributed by atoms with van der Waals surface area (Å²) in [6, 6.07) is 9.88. The molecule has 1 aromatic rings. The first-order valence-electron chi connectivity index (χ1n) is 9.39. The Morgan fingerprint density at radius 2 is 1.71 bits per heavy atom. The van der Waals surface area contributed by atoms with E-state index < -0.39 is 17.9 Å². The van der Waals surface area contributed by atoms with Crippen LogP contribution in [-0.4, -0.2) is 53.7 Å². The number of carbonyl (C=O) groups excluding carboxylic acids is 2. The molecule has 1 aromatic carbocycles. The van der Waals surface area contributed by atoms with E-state index in [1.165, 1.54) is 32.4 Å². The van der Waals surface area contributed by atoms with Crippen molar-refractivity contribution in [2.45, 2.75) is 30.9 Å². The van der Waals surface area contributed by atoms with Gasteiger partial charge in [-0.05, 0) is 31.2 Å². The first kappa shape index (κ1) is 22.4.